The van der Waals surface area contributed by atoms with Crippen LogP contribution in [0.2, 0.25) is 0 Å². The van der Waals surface area contributed by atoms with Crippen LogP contribution in [-0.2, 0) is 16.1 Å². The lowest BCUT2D eigenvalue weighted by atomic mass is 9.97. The van der Waals surface area contributed by atoms with Gasteiger partial charge in [-0.2, -0.15) is 0 Å². The highest BCUT2D eigenvalue weighted by Gasteiger charge is 2.45. The summed E-state index contributed by atoms with van der Waals surface area (Å²) < 4.78 is 10.7. The highest BCUT2D eigenvalue weighted by atomic mass is 16.5. The van der Waals surface area contributed by atoms with Gasteiger partial charge < -0.3 is 9.15 Å². The minimum atomic E-state index is -0.293. The van der Waals surface area contributed by atoms with Gasteiger partial charge in [0.05, 0.1) is 19.4 Å². The van der Waals surface area contributed by atoms with E-state index in [0.29, 0.717) is 13.0 Å². The topological polar surface area (TPSA) is 42.7 Å². The van der Waals surface area contributed by atoms with Gasteiger partial charge in [-0.3, -0.25) is 9.69 Å². The van der Waals surface area contributed by atoms with Crippen molar-refractivity contribution < 1.29 is 13.9 Å². The van der Waals surface area contributed by atoms with Crippen molar-refractivity contribution in [2.24, 2.45) is 5.92 Å². The third-order valence-electron chi connectivity index (χ3n) is 4.48. The fraction of sp³-hybridized carbons (Fsp3) is 0.316. The van der Waals surface area contributed by atoms with Crippen LogP contribution in [-0.4, -0.2) is 24.0 Å². The summed E-state index contributed by atoms with van der Waals surface area (Å²) in [4.78, 5) is 14.4. The Labute approximate surface area is 136 Å². The summed E-state index contributed by atoms with van der Waals surface area (Å²) >= 11 is 0. The third kappa shape index (κ3) is 3.08. The molecule has 1 fully saturated rings. The number of esters is 1. The first kappa shape index (κ1) is 15.6. The van der Waals surface area contributed by atoms with Crippen LogP contribution in [0, 0.1) is 5.92 Å². The van der Waals surface area contributed by atoms with Gasteiger partial charge in [-0.1, -0.05) is 36.4 Å². The van der Waals surface area contributed by atoms with Crippen molar-refractivity contribution >= 4 is 5.97 Å². The second-order valence-corrected chi connectivity index (χ2v) is 5.79. The largest absolute Gasteiger partial charge is 0.468 e. The molecular formula is C19H21NO3. The number of rotatable bonds is 5. The molecule has 23 heavy (non-hydrogen) atoms. The molecule has 2 aromatic rings. The van der Waals surface area contributed by atoms with Gasteiger partial charge in [-0.25, -0.2) is 0 Å². The Hall–Kier alpha value is -2.33. The van der Waals surface area contributed by atoms with E-state index in [1.807, 2.05) is 36.4 Å². The van der Waals surface area contributed by atoms with E-state index in [4.69, 9.17) is 9.15 Å². The average molecular weight is 311 g/mol. The molecule has 0 aliphatic carbocycles. The number of carbonyl (C=O) groups is 1. The summed E-state index contributed by atoms with van der Waals surface area (Å²) in [6, 6.07) is 13.7. The number of ether oxygens (including phenoxy) is 1. The van der Waals surface area contributed by atoms with Crippen LogP contribution in [0.4, 0.5) is 0 Å². The van der Waals surface area contributed by atoms with Crippen molar-refractivity contribution in [3.63, 3.8) is 0 Å². The van der Waals surface area contributed by atoms with Gasteiger partial charge in [-0.05, 0) is 24.1 Å². The quantitative estimate of drug-likeness (QED) is 0.625. The molecule has 4 heteroatoms. The molecule has 4 nitrogen and oxygen atoms in total. The SMILES string of the molecule is C=C[C@@H]1C[C@H](C(=O)OC)N(Cc2ccccc2)[C@H]1c1ccco1. The first-order valence-electron chi connectivity index (χ1n) is 7.78. The van der Waals surface area contributed by atoms with Gasteiger partial charge in [0.1, 0.15) is 11.8 Å². The lowest BCUT2D eigenvalue weighted by Gasteiger charge is -2.28. The summed E-state index contributed by atoms with van der Waals surface area (Å²) in [6.45, 7) is 4.61. The Morgan fingerprint density at radius 2 is 2.13 bits per heavy atom. The fourth-order valence-corrected chi connectivity index (χ4v) is 3.39. The highest BCUT2D eigenvalue weighted by molar-refractivity contribution is 5.76. The summed E-state index contributed by atoms with van der Waals surface area (Å²) in [7, 11) is 1.44. The zero-order valence-corrected chi connectivity index (χ0v) is 13.2. The number of hydrogen-bond donors (Lipinski definition) is 0. The predicted molar refractivity (Wildman–Crippen MR) is 87.5 cm³/mol. The number of hydrogen-bond acceptors (Lipinski definition) is 4. The van der Waals surface area contributed by atoms with E-state index in [1.54, 1.807) is 6.26 Å². The molecule has 0 radical (unpaired) electrons. The van der Waals surface area contributed by atoms with Gasteiger partial charge in [0.15, 0.2) is 0 Å². The van der Waals surface area contributed by atoms with Gasteiger partial charge in [0.2, 0.25) is 0 Å². The van der Waals surface area contributed by atoms with E-state index >= 15 is 0 Å². The number of methoxy groups -OCH3 is 1. The van der Waals surface area contributed by atoms with E-state index < -0.39 is 0 Å². The third-order valence-corrected chi connectivity index (χ3v) is 4.48. The maximum absolute atomic E-state index is 12.3. The zero-order chi connectivity index (χ0) is 16.2. The average Bonchev–Trinajstić information content (AvgIpc) is 3.22. The van der Waals surface area contributed by atoms with Gasteiger partial charge in [0.25, 0.3) is 0 Å². The van der Waals surface area contributed by atoms with Crippen LogP contribution >= 0.6 is 0 Å². The minimum Gasteiger partial charge on any atom is -0.468 e. The second kappa shape index (κ2) is 6.84. The molecule has 3 atom stereocenters. The van der Waals surface area contributed by atoms with Crippen LogP contribution in [0.1, 0.15) is 23.8 Å². The summed E-state index contributed by atoms with van der Waals surface area (Å²) in [5.74, 6) is 0.799. The standard InChI is InChI=1S/C19H21NO3/c1-3-15-12-16(19(21)22-2)20(13-14-8-5-4-6-9-14)18(15)17-10-7-11-23-17/h3-11,15-16,18H,1,12-13H2,2H3/t15-,16-,18-/m1/s1. The smallest absolute Gasteiger partial charge is 0.323 e. The number of carbonyl (C=O) groups excluding carboxylic acids is 1. The summed E-state index contributed by atoms with van der Waals surface area (Å²) in [5, 5.41) is 0. The van der Waals surface area contributed by atoms with E-state index in [-0.39, 0.29) is 24.0 Å². The molecule has 0 bridgehead atoms. The van der Waals surface area contributed by atoms with Crippen molar-refractivity contribution in [2.45, 2.75) is 25.0 Å². The van der Waals surface area contributed by atoms with Crippen molar-refractivity contribution in [3.8, 4) is 0 Å². The molecule has 0 unspecified atom stereocenters. The Morgan fingerprint density at radius 1 is 1.35 bits per heavy atom. The molecule has 120 valence electrons. The first-order valence-corrected chi connectivity index (χ1v) is 7.78. The fourth-order valence-electron chi connectivity index (χ4n) is 3.39. The van der Waals surface area contributed by atoms with Crippen LogP contribution in [0.5, 0.6) is 0 Å². The zero-order valence-electron chi connectivity index (χ0n) is 13.2. The molecule has 1 aromatic carbocycles. The molecule has 0 N–H and O–H groups in total. The van der Waals surface area contributed by atoms with E-state index in [1.165, 1.54) is 7.11 Å². The lowest BCUT2D eigenvalue weighted by Crippen LogP contribution is -2.37. The molecular weight excluding hydrogens is 290 g/mol. The Morgan fingerprint density at radius 3 is 2.74 bits per heavy atom. The Balaban J connectivity index is 1.95. The normalized spacial score (nSPS) is 24.5. The number of furan rings is 1. The van der Waals surface area contributed by atoms with E-state index in [9.17, 15) is 4.79 Å². The number of benzene rings is 1. The molecule has 1 aliphatic heterocycles. The molecule has 1 saturated heterocycles. The number of nitrogens with zero attached hydrogens (tertiary/aromatic N) is 1. The van der Waals surface area contributed by atoms with Gasteiger partial charge in [0, 0.05) is 12.5 Å². The van der Waals surface area contributed by atoms with Crippen LogP contribution in [0.15, 0.2) is 65.8 Å². The second-order valence-electron chi connectivity index (χ2n) is 5.79. The van der Waals surface area contributed by atoms with Crippen molar-refractivity contribution in [1.82, 2.24) is 4.90 Å². The Kier molecular flexibility index (Phi) is 4.63. The predicted octanol–water partition coefficient (Wildman–Crippen LogP) is 3.57. The first-order chi connectivity index (χ1) is 11.2. The summed E-state index contributed by atoms with van der Waals surface area (Å²) in [6.07, 6.45) is 4.27. The molecule has 1 aliphatic rings. The molecule has 3 rings (SSSR count). The summed E-state index contributed by atoms with van der Waals surface area (Å²) in [5.41, 5.74) is 1.16. The number of likely N-dealkylation sites (tertiary alicyclic amines) is 1. The molecule has 0 spiro atoms. The van der Waals surface area contributed by atoms with Crippen LogP contribution in [0.3, 0.4) is 0 Å². The highest BCUT2D eigenvalue weighted by Crippen LogP contribution is 2.43. The van der Waals surface area contributed by atoms with E-state index in [2.05, 4.69) is 23.6 Å². The molecule has 1 aromatic heterocycles. The van der Waals surface area contributed by atoms with Crippen molar-refractivity contribution in [3.05, 3.63) is 72.7 Å². The van der Waals surface area contributed by atoms with Gasteiger partial charge >= 0.3 is 5.97 Å². The van der Waals surface area contributed by atoms with E-state index in [0.717, 1.165) is 11.3 Å². The molecule has 0 saturated carbocycles. The van der Waals surface area contributed by atoms with Crippen molar-refractivity contribution in [2.75, 3.05) is 7.11 Å². The van der Waals surface area contributed by atoms with Gasteiger partial charge in [-0.15, -0.1) is 6.58 Å². The molecule has 0 amide bonds. The lowest BCUT2D eigenvalue weighted by molar-refractivity contribution is -0.146. The maximum Gasteiger partial charge on any atom is 0.323 e. The molecule has 2 heterocycles. The minimum absolute atomic E-state index is 0.00759. The maximum atomic E-state index is 12.3. The Bertz CT molecular complexity index is 651. The van der Waals surface area contributed by atoms with Crippen molar-refractivity contribution in [1.29, 1.82) is 0 Å². The van der Waals surface area contributed by atoms with Crippen LogP contribution in [0.25, 0.3) is 0 Å². The monoisotopic (exact) mass is 311 g/mol. The van der Waals surface area contributed by atoms with Crippen LogP contribution < -0.4 is 0 Å².